The molecule has 2 aromatic carbocycles. The summed E-state index contributed by atoms with van der Waals surface area (Å²) in [6.45, 7) is 6.06. The number of aliphatic carboxylic acids is 1. The van der Waals surface area contributed by atoms with Crippen LogP contribution in [0.2, 0.25) is 0 Å². The van der Waals surface area contributed by atoms with Gasteiger partial charge in [0, 0.05) is 0 Å². The third-order valence-electron chi connectivity index (χ3n) is 3.34. The molecule has 0 spiro atoms. The number of rotatable bonds is 3. The fraction of sp³-hybridized carbons (Fsp3) is 0.167. The molecule has 1 N–H and O–H groups in total. The van der Waals surface area contributed by atoms with Gasteiger partial charge in [0.1, 0.15) is 0 Å². The van der Waals surface area contributed by atoms with E-state index in [2.05, 4.69) is 12.1 Å². The lowest BCUT2D eigenvalue weighted by molar-refractivity contribution is -0.130. The third kappa shape index (κ3) is 2.97. The van der Waals surface area contributed by atoms with Crippen molar-refractivity contribution < 1.29 is 9.90 Å². The topological polar surface area (TPSA) is 37.3 Å². The van der Waals surface area contributed by atoms with E-state index in [0.29, 0.717) is 5.57 Å². The molecule has 0 aliphatic rings. The van der Waals surface area contributed by atoms with Gasteiger partial charge in [-0.3, -0.25) is 0 Å². The first kappa shape index (κ1) is 14.1. The largest absolute Gasteiger partial charge is 0.478 e. The van der Waals surface area contributed by atoms with Gasteiger partial charge in [0.2, 0.25) is 0 Å². The van der Waals surface area contributed by atoms with Gasteiger partial charge in [-0.15, -0.1) is 0 Å². The molecule has 0 unspecified atom stereocenters. The quantitative estimate of drug-likeness (QED) is 0.666. The summed E-state index contributed by atoms with van der Waals surface area (Å²) in [5.74, 6) is -0.907. The van der Waals surface area contributed by atoms with E-state index in [9.17, 15) is 9.90 Å². The average molecular weight is 266 g/mol. The van der Waals surface area contributed by atoms with Crippen molar-refractivity contribution in [3.8, 4) is 0 Å². The molecule has 0 heterocycles. The van der Waals surface area contributed by atoms with Crippen molar-refractivity contribution in [3.63, 3.8) is 0 Å². The van der Waals surface area contributed by atoms with Crippen LogP contribution in [0.15, 0.2) is 42.5 Å². The summed E-state index contributed by atoms with van der Waals surface area (Å²) in [5, 5.41) is 9.46. The second-order valence-corrected chi connectivity index (χ2v) is 5.04. The Morgan fingerprint density at radius 1 is 1.00 bits per heavy atom. The minimum Gasteiger partial charge on any atom is -0.478 e. The van der Waals surface area contributed by atoms with Crippen LogP contribution in [0.4, 0.5) is 0 Å². The summed E-state index contributed by atoms with van der Waals surface area (Å²) in [6.07, 6.45) is 1.77. The van der Waals surface area contributed by atoms with Gasteiger partial charge in [-0.25, -0.2) is 4.79 Å². The molecule has 0 amide bonds. The maximum Gasteiger partial charge on any atom is 0.336 e. The number of carboxylic acids is 1. The lowest BCUT2D eigenvalue weighted by Gasteiger charge is -2.09. The molecule has 2 rings (SSSR count). The Hall–Kier alpha value is -2.35. The Bertz CT molecular complexity index is 644. The molecule has 0 fully saturated rings. The number of benzene rings is 2. The van der Waals surface area contributed by atoms with E-state index in [4.69, 9.17) is 0 Å². The predicted octanol–water partition coefficient (Wildman–Crippen LogP) is 4.24. The van der Waals surface area contributed by atoms with Gasteiger partial charge in [0.25, 0.3) is 0 Å². The van der Waals surface area contributed by atoms with Crippen LogP contribution in [0.5, 0.6) is 0 Å². The molecule has 0 radical (unpaired) electrons. The lowest BCUT2D eigenvalue weighted by Crippen LogP contribution is -2.00. The summed E-state index contributed by atoms with van der Waals surface area (Å²) < 4.78 is 0. The lowest BCUT2D eigenvalue weighted by atomic mass is 9.95. The molecule has 20 heavy (non-hydrogen) atoms. The maximum atomic E-state index is 11.5. The Morgan fingerprint density at radius 3 is 2.05 bits per heavy atom. The van der Waals surface area contributed by atoms with Crippen molar-refractivity contribution in [3.05, 3.63) is 70.3 Å². The summed E-state index contributed by atoms with van der Waals surface area (Å²) in [4.78, 5) is 11.5. The number of carbonyl (C=O) groups is 1. The van der Waals surface area contributed by atoms with Gasteiger partial charge in [-0.05, 0) is 49.1 Å². The highest BCUT2D eigenvalue weighted by molar-refractivity contribution is 6.20. The minimum absolute atomic E-state index is 0.320. The van der Waals surface area contributed by atoms with E-state index in [-0.39, 0.29) is 0 Å². The summed E-state index contributed by atoms with van der Waals surface area (Å²) in [6, 6.07) is 13.4. The first-order valence-corrected chi connectivity index (χ1v) is 6.57. The molecule has 0 aliphatic carbocycles. The van der Waals surface area contributed by atoms with Crippen LogP contribution in [0.3, 0.4) is 0 Å². The second kappa shape index (κ2) is 5.74. The zero-order valence-electron chi connectivity index (χ0n) is 12.0. The average Bonchev–Trinajstić information content (AvgIpc) is 2.38. The van der Waals surface area contributed by atoms with Gasteiger partial charge in [-0.2, -0.15) is 0 Å². The van der Waals surface area contributed by atoms with Gasteiger partial charge in [0.05, 0.1) is 5.57 Å². The Morgan fingerprint density at radius 2 is 1.55 bits per heavy atom. The molecule has 0 aliphatic heterocycles. The predicted molar refractivity (Wildman–Crippen MR) is 82.6 cm³/mol. The highest BCUT2D eigenvalue weighted by Gasteiger charge is 2.11. The number of aryl methyl sites for hydroxylation is 3. The van der Waals surface area contributed by atoms with Crippen molar-refractivity contribution in [1.82, 2.24) is 0 Å². The Balaban J connectivity index is 2.59. The normalized spacial score (nSPS) is 11.4. The Kier molecular flexibility index (Phi) is 4.04. The molecular weight excluding hydrogens is 248 g/mol. The summed E-state index contributed by atoms with van der Waals surface area (Å²) >= 11 is 0. The van der Waals surface area contributed by atoms with E-state index in [0.717, 1.165) is 22.3 Å². The van der Waals surface area contributed by atoms with Gasteiger partial charge >= 0.3 is 5.97 Å². The van der Waals surface area contributed by atoms with Crippen LogP contribution in [0.25, 0.3) is 11.6 Å². The Labute approximate surface area is 119 Å². The van der Waals surface area contributed by atoms with E-state index in [1.807, 2.05) is 51.1 Å². The molecule has 102 valence electrons. The first-order valence-electron chi connectivity index (χ1n) is 6.57. The number of carboxylic acid groups (broad SMARTS) is 1. The van der Waals surface area contributed by atoms with Crippen molar-refractivity contribution in [2.45, 2.75) is 20.8 Å². The van der Waals surface area contributed by atoms with Crippen molar-refractivity contribution in [1.29, 1.82) is 0 Å². The summed E-state index contributed by atoms with van der Waals surface area (Å²) in [7, 11) is 0. The second-order valence-electron chi connectivity index (χ2n) is 5.04. The molecule has 2 heteroatoms. The SMILES string of the molecule is Cc1cc(C)c(/C=C(\C(=O)O)c2ccccc2)c(C)c1. The van der Waals surface area contributed by atoms with E-state index in [1.54, 1.807) is 6.08 Å². The first-order chi connectivity index (χ1) is 9.49. The van der Waals surface area contributed by atoms with Gasteiger partial charge in [0.15, 0.2) is 0 Å². The van der Waals surface area contributed by atoms with Gasteiger partial charge < -0.3 is 5.11 Å². The van der Waals surface area contributed by atoms with Gasteiger partial charge in [-0.1, -0.05) is 48.0 Å². The summed E-state index contributed by atoms with van der Waals surface area (Å²) in [5.41, 5.74) is 5.40. The zero-order valence-corrected chi connectivity index (χ0v) is 12.0. The van der Waals surface area contributed by atoms with Crippen LogP contribution < -0.4 is 0 Å². The van der Waals surface area contributed by atoms with Crippen molar-refractivity contribution >= 4 is 17.6 Å². The van der Waals surface area contributed by atoms with Crippen LogP contribution in [-0.2, 0) is 4.79 Å². The molecule has 2 aromatic rings. The van der Waals surface area contributed by atoms with E-state index in [1.165, 1.54) is 5.56 Å². The smallest absolute Gasteiger partial charge is 0.336 e. The molecular formula is C18H18O2. The fourth-order valence-electron chi connectivity index (χ4n) is 2.45. The highest BCUT2D eigenvalue weighted by atomic mass is 16.4. The third-order valence-corrected chi connectivity index (χ3v) is 3.34. The standard InChI is InChI=1S/C18H18O2/c1-12-9-13(2)16(14(3)10-12)11-17(18(19)20)15-7-5-4-6-8-15/h4-11H,1-3H3,(H,19,20)/b17-11-. The molecule has 0 saturated carbocycles. The minimum atomic E-state index is -0.907. The van der Waals surface area contributed by atoms with E-state index >= 15 is 0 Å². The van der Waals surface area contributed by atoms with Crippen LogP contribution >= 0.6 is 0 Å². The zero-order chi connectivity index (χ0) is 14.7. The van der Waals surface area contributed by atoms with Crippen LogP contribution in [-0.4, -0.2) is 11.1 Å². The monoisotopic (exact) mass is 266 g/mol. The van der Waals surface area contributed by atoms with Crippen molar-refractivity contribution in [2.75, 3.05) is 0 Å². The highest BCUT2D eigenvalue weighted by Crippen LogP contribution is 2.24. The van der Waals surface area contributed by atoms with Crippen LogP contribution in [0, 0.1) is 20.8 Å². The fourth-order valence-corrected chi connectivity index (χ4v) is 2.45. The molecule has 0 aromatic heterocycles. The van der Waals surface area contributed by atoms with Crippen molar-refractivity contribution in [2.24, 2.45) is 0 Å². The van der Waals surface area contributed by atoms with E-state index < -0.39 is 5.97 Å². The maximum absolute atomic E-state index is 11.5. The molecule has 0 bridgehead atoms. The molecule has 2 nitrogen and oxygen atoms in total. The molecule has 0 atom stereocenters. The number of hydrogen-bond acceptors (Lipinski definition) is 1. The number of hydrogen-bond donors (Lipinski definition) is 1. The molecule has 0 saturated heterocycles. The van der Waals surface area contributed by atoms with Crippen LogP contribution in [0.1, 0.15) is 27.8 Å².